The first-order valence-electron chi connectivity index (χ1n) is 22.9. The zero-order chi connectivity index (χ0) is 50.5. The van der Waals surface area contributed by atoms with Crippen molar-refractivity contribution in [3.8, 4) is 0 Å². The minimum absolute atomic E-state index is 0.00331. The Kier molecular flexibility index (Phi) is 29.7. The summed E-state index contributed by atoms with van der Waals surface area (Å²) in [6.45, 7) is 11.8. The maximum absolute atomic E-state index is 13.9. The van der Waals surface area contributed by atoms with E-state index >= 15 is 0 Å². The van der Waals surface area contributed by atoms with Crippen LogP contribution in [0, 0.1) is 16.7 Å². The van der Waals surface area contributed by atoms with Gasteiger partial charge in [0.1, 0.15) is 29.4 Å². The van der Waals surface area contributed by atoms with Crippen LogP contribution in [0.5, 0.6) is 0 Å². The van der Waals surface area contributed by atoms with E-state index in [-0.39, 0.29) is 145 Å². The van der Waals surface area contributed by atoms with Gasteiger partial charge in [-0.3, -0.25) is 49.3 Å². The summed E-state index contributed by atoms with van der Waals surface area (Å²) in [6.07, 6.45) is 5.41. The summed E-state index contributed by atoms with van der Waals surface area (Å²) in [6, 6.07) is -1.94. The molecule has 3 unspecified atom stereocenters. The number of ether oxygens (including phenoxy) is 3. The zero-order valence-corrected chi connectivity index (χ0v) is 41.3. The molecule has 2 aliphatic heterocycles. The average molecular weight is 965 g/mol. The third kappa shape index (κ3) is 20.3. The number of amides is 7. The van der Waals surface area contributed by atoms with Crippen molar-refractivity contribution in [2.75, 3.05) is 79.4 Å². The molecule has 0 saturated carbocycles. The fourth-order valence-corrected chi connectivity index (χ4v) is 7.09. The normalized spacial score (nSPS) is 15.1. The third-order valence-electron chi connectivity index (χ3n) is 10.3. The van der Waals surface area contributed by atoms with Crippen LogP contribution < -0.4 is 32.7 Å². The van der Waals surface area contributed by atoms with Crippen LogP contribution in [-0.2, 0) is 61.2 Å². The predicted molar refractivity (Wildman–Crippen MR) is 257 cm³/mol. The highest BCUT2D eigenvalue weighted by molar-refractivity contribution is 7.81. The molecule has 0 aliphatic carbocycles. The van der Waals surface area contributed by atoms with Crippen molar-refractivity contribution in [3.05, 3.63) is 28.9 Å². The Labute approximate surface area is 400 Å². The smallest absolute Gasteiger partial charge is 0.245 e. The fraction of sp³-hybridized carbons (Fsp3) is 0.682. The molecule has 3 atom stereocenters. The van der Waals surface area contributed by atoms with Crippen LogP contribution >= 0.6 is 12.6 Å². The zero-order valence-electron chi connectivity index (χ0n) is 40.4. The molecule has 1 saturated heterocycles. The highest BCUT2D eigenvalue weighted by Crippen LogP contribution is 2.22. The van der Waals surface area contributed by atoms with Crippen LogP contribution in [0.4, 0.5) is 0 Å². The van der Waals surface area contributed by atoms with Gasteiger partial charge in [-0.25, -0.2) is 4.98 Å². The van der Waals surface area contributed by atoms with Crippen molar-refractivity contribution in [3.63, 3.8) is 0 Å². The number of nitrogens with zero attached hydrogens (tertiary/aromatic N) is 4. The lowest BCUT2D eigenvalue weighted by Gasteiger charge is -2.28. The lowest BCUT2D eigenvalue weighted by molar-refractivity contribution is -0.139. The van der Waals surface area contributed by atoms with Gasteiger partial charge in [-0.1, -0.05) is 47.1 Å². The number of hydrogen-bond acceptors (Lipinski definition) is 15. The predicted octanol–water partition coefficient (Wildman–Crippen LogP) is -0.0604. The molecule has 1 fully saturated rings. The molecule has 0 bridgehead atoms. The first-order valence-corrected chi connectivity index (χ1v) is 23.5. The largest absolute Gasteiger partial charge is 0.382 e. The Balaban J connectivity index is 0.00000545. The van der Waals surface area contributed by atoms with Crippen molar-refractivity contribution in [1.82, 2.24) is 40.6 Å². The molecule has 0 spiro atoms. The van der Waals surface area contributed by atoms with E-state index in [2.05, 4.69) is 51.5 Å². The molecule has 23 heteroatoms. The highest BCUT2D eigenvalue weighted by atomic mass is 32.1. The van der Waals surface area contributed by atoms with Crippen LogP contribution in [0.2, 0.25) is 0 Å². The fourth-order valence-electron chi connectivity index (χ4n) is 6.79. The molecule has 378 valence electrons. The van der Waals surface area contributed by atoms with Crippen LogP contribution in [0.25, 0.3) is 0 Å². The van der Waals surface area contributed by atoms with E-state index < -0.39 is 29.1 Å². The number of imide groups is 1. The Bertz CT molecular complexity index is 1820. The van der Waals surface area contributed by atoms with Gasteiger partial charge in [0.2, 0.25) is 41.9 Å². The van der Waals surface area contributed by atoms with Gasteiger partial charge in [0.15, 0.2) is 0 Å². The number of nitrogen functional groups attached to an aromatic ring is 1. The van der Waals surface area contributed by atoms with E-state index in [0.29, 0.717) is 36.3 Å². The van der Waals surface area contributed by atoms with Crippen molar-refractivity contribution in [2.24, 2.45) is 24.4 Å². The van der Waals surface area contributed by atoms with Crippen molar-refractivity contribution < 1.29 is 47.8 Å². The summed E-state index contributed by atoms with van der Waals surface area (Å²) in [4.78, 5) is 94.1. The molecule has 1 aromatic rings. The number of rotatable bonds is 31. The number of aryl methyl sites for hydroxylation is 1. The summed E-state index contributed by atoms with van der Waals surface area (Å²) < 4.78 is 18.2. The first kappa shape index (κ1) is 59.8. The van der Waals surface area contributed by atoms with Crippen molar-refractivity contribution >= 4 is 66.0 Å². The average Bonchev–Trinajstić information content (AvgIpc) is 4.01. The Morgan fingerprint density at radius 1 is 0.955 bits per heavy atom. The maximum Gasteiger partial charge on any atom is 0.245 e. The number of nitrogens with one attached hydrogen (secondary N) is 6. The number of carbonyl (C=O) groups is 7. The van der Waals surface area contributed by atoms with Crippen LogP contribution in [0.1, 0.15) is 96.8 Å². The summed E-state index contributed by atoms with van der Waals surface area (Å²) in [5, 5.41) is 27.3. The standard InChI is InChI=1S/C41H65N11O10S.C2H6.CH5N/c1-5-6-9-30-48-36(38(43)44)37(50(30)4)34(42)27-10-15-51(24-27)40(58)28(8-7-13-45-25-53)47-39(57)35(26(2)3)49-32(55)12-17-60-19-21-62-22-20-61-18-14-46-31(54)11-16-52-33(56)23-29(63)41(52)59;2*1-2/h10,25-26,28-29,35,42,63H,5-9,11-24H2,1-4H3,(H3,43,44)(H,45,53)(H,46,54)(H,47,57)(H,49,55);1-2H3;2H2,1H3. The number of hydrogen-bond donors (Lipinski definition) is 9. The van der Waals surface area contributed by atoms with Gasteiger partial charge in [-0.2, -0.15) is 12.6 Å². The number of nitrogens with two attached hydrogens (primary N) is 2. The van der Waals surface area contributed by atoms with Gasteiger partial charge < -0.3 is 56.4 Å². The van der Waals surface area contributed by atoms with Gasteiger partial charge in [0.05, 0.1) is 56.3 Å². The Morgan fingerprint density at radius 2 is 1.60 bits per heavy atom. The summed E-state index contributed by atoms with van der Waals surface area (Å²) in [5.74, 6) is -2.24. The second kappa shape index (κ2) is 33.3. The lowest BCUT2D eigenvalue weighted by atomic mass is 10.0. The topological polar surface area (TPSA) is 319 Å². The van der Waals surface area contributed by atoms with Gasteiger partial charge >= 0.3 is 0 Å². The number of likely N-dealkylation sites (tertiary alicyclic amines) is 1. The quantitative estimate of drug-likeness (QED) is 0.0118. The van der Waals surface area contributed by atoms with E-state index in [0.717, 1.165) is 17.7 Å². The first-order chi connectivity index (χ1) is 32.1. The van der Waals surface area contributed by atoms with Crippen LogP contribution in [0.3, 0.4) is 0 Å². The third-order valence-corrected chi connectivity index (χ3v) is 10.7. The van der Waals surface area contributed by atoms with Crippen LogP contribution in [0.15, 0.2) is 11.6 Å². The van der Waals surface area contributed by atoms with E-state index in [4.69, 9.17) is 30.8 Å². The monoisotopic (exact) mass is 965 g/mol. The molecule has 7 amide bonds. The van der Waals surface area contributed by atoms with E-state index in [1.807, 2.05) is 13.8 Å². The number of carbonyl (C=O) groups excluding carboxylic acids is 7. The maximum atomic E-state index is 13.9. The summed E-state index contributed by atoms with van der Waals surface area (Å²) >= 11 is 4.06. The number of thiol groups is 1. The molecule has 1 aromatic heterocycles. The molecule has 2 aliphatic rings. The van der Waals surface area contributed by atoms with Gasteiger partial charge in [0, 0.05) is 65.5 Å². The highest BCUT2D eigenvalue weighted by Gasteiger charge is 2.36. The van der Waals surface area contributed by atoms with Gasteiger partial charge in [-0.05, 0) is 37.8 Å². The number of imidazole rings is 1. The molecule has 0 aromatic carbocycles. The number of aromatic nitrogens is 2. The number of unbranched alkanes of at least 4 members (excludes halogenated alkanes) is 1. The minimum atomic E-state index is -0.981. The molecular weight excluding hydrogens is 889 g/mol. The molecule has 22 nitrogen and oxygen atoms in total. The molecule has 67 heavy (non-hydrogen) atoms. The minimum Gasteiger partial charge on any atom is -0.382 e. The number of amidine groups is 1. The Hall–Kier alpha value is -5.23. The van der Waals surface area contributed by atoms with Crippen molar-refractivity contribution in [1.29, 1.82) is 10.8 Å². The second-order valence-electron chi connectivity index (χ2n) is 15.5. The van der Waals surface area contributed by atoms with E-state index in [9.17, 15) is 33.6 Å². The van der Waals surface area contributed by atoms with Crippen LogP contribution in [-0.4, -0.2) is 169 Å². The second-order valence-corrected chi connectivity index (χ2v) is 16.1. The lowest BCUT2D eigenvalue weighted by Crippen LogP contribution is -2.56. The molecule has 3 heterocycles. The molecular formula is C44H76N12O10S. The molecule has 10 N–H and O–H groups in total. The summed E-state index contributed by atoms with van der Waals surface area (Å²) in [7, 11) is 3.28. The van der Waals surface area contributed by atoms with Gasteiger partial charge in [0.25, 0.3) is 0 Å². The van der Waals surface area contributed by atoms with E-state index in [1.165, 1.54) is 11.9 Å². The SMILES string of the molecule is CC.CCCCc1nc(C(=N)N)c(C(=N)C2=CCN(C(=O)C(CCCNC=O)NC(=O)C(NC(=O)CCOCCOCCOCCNC(=O)CCN3C(=O)CC(S)C3=O)C(C)C)C2)n1C.CN. The molecule has 3 rings (SSSR count). The van der Waals surface area contributed by atoms with Gasteiger partial charge in [-0.15, -0.1) is 0 Å². The van der Waals surface area contributed by atoms with Crippen molar-refractivity contribution in [2.45, 2.75) is 103 Å². The summed E-state index contributed by atoms with van der Waals surface area (Å²) in [5.41, 5.74) is 11.6. The van der Waals surface area contributed by atoms with E-state index in [1.54, 1.807) is 31.5 Å². The Morgan fingerprint density at radius 3 is 2.18 bits per heavy atom. The molecule has 0 radical (unpaired) electrons.